The first-order valence-corrected chi connectivity index (χ1v) is 7.06. The summed E-state index contributed by atoms with van der Waals surface area (Å²) in [6.45, 7) is 4.62. The van der Waals surface area contributed by atoms with Crippen LogP contribution in [0.4, 0.5) is 0 Å². The summed E-state index contributed by atoms with van der Waals surface area (Å²) in [6.07, 6.45) is 6.23. The Hall–Kier alpha value is -1.36. The Morgan fingerprint density at radius 3 is 3.00 bits per heavy atom. The third-order valence-corrected chi connectivity index (χ3v) is 3.81. The van der Waals surface area contributed by atoms with E-state index in [4.69, 9.17) is 0 Å². The van der Waals surface area contributed by atoms with Gasteiger partial charge in [0.2, 0.25) is 5.91 Å². The molecule has 1 aromatic heterocycles. The van der Waals surface area contributed by atoms with Crippen molar-refractivity contribution in [2.24, 2.45) is 5.92 Å². The number of amides is 1. The van der Waals surface area contributed by atoms with E-state index in [1.165, 1.54) is 0 Å². The normalized spacial score (nSPS) is 21.7. The molecule has 1 aromatic rings. The third-order valence-electron chi connectivity index (χ3n) is 3.81. The zero-order valence-electron chi connectivity index (χ0n) is 11.7. The van der Waals surface area contributed by atoms with Crippen molar-refractivity contribution in [3.8, 4) is 0 Å². The molecule has 2 heterocycles. The molecule has 0 spiro atoms. The Morgan fingerprint density at radius 2 is 2.37 bits per heavy atom. The van der Waals surface area contributed by atoms with Crippen LogP contribution >= 0.6 is 0 Å². The summed E-state index contributed by atoms with van der Waals surface area (Å²) in [6, 6.07) is 0.0376. The Kier molecular flexibility index (Phi) is 4.58. The van der Waals surface area contributed by atoms with Gasteiger partial charge < -0.3 is 15.0 Å². The van der Waals surface area contributed by atoms with Crippen molar-refractivity contribution in [1.82, 2.24) is 14.9 Å². The van der Waals surface area contributed by atoms with Crippen LogP contribution in [0.1, 0.15) is 51.4 Å². The van der Waals surface area contributed by atoms with Gasteiger partial charge in [-0.25, -0.2) is 4.98 Å². The van der Waals surface area contributed by atoms with E-state index in [0.29, 0.717) is 0 Å². The number of aliphatic hydroxyl groups excluding tert-OH is 1. The van der Waals surface area contributed by atoms with Gasteiger partial charge in [0.15, 0.2) is 0 Å². The number of likely N-dealkylation sites (tertiary alicyclic amines) is 1. The number of hydrogen-bond acceptors (Lipinski definition) is 3. The summed E-state index contributed by atoms with van der Waals surface area (Å²) in [4.78, 5) is 21.6. The van der Waals surface area contributed by atoms with Gasteiger partial charge in [0.1, 0.15) is 5.82 Å². The minimum atomic E-state index is -0.563. The number of rotatable bonds is 4. The van der Waals surface area contributed by atoms with E-state index in [0.717, 1.165) is 31.6 Å². The van der Waals surface area contributed by atoms with E-state index >= 15 is 0 Å². The highest BCUT2D eigenvalue weighted by atomic mass is 16.3. The van der Waals surface area contributed by atoms with Gasteiger partial charge in [0.05, 0.1) is 18.6 Å². The lowest BCUT2D eigenvalue weighted by Crippen LogP contribution is -2.40. The van der Waals surface area contributed by atoms with Crippen molar-refractivity contribution in [2.75, 3.05) is 6.54 Å². The van der Waals surface area contributed by atoms with Crippen molar-refractivity contribution in [1.29, 1.82) is 0 Å². The van der Waals surface area contributed by atoms with E-state index in [1.54, 1.807) is 12.4 Å². The summed E-state index contributed by atoms with van der Waals surface area (Å²) in [7, 11) is 0. The fourth-order valence-corrected chi connectivity index (χ4v) is 2.51. The molecule has 0 saturated carbocycles. The highest BCUT2D eigenvalue weighted by Crippen LogP contribution is 2.29. The van der Waals surface area contributed by atoms with Crippen LogP contribution < -0.4 is 0 Å². The van der Waals surface area contributed by atoms with Crippen molar-refractivity contribution >= 4 is 5.91 Å². The number of imidazole rings is 1. The van der Waals surface area contributed by atoms with Crippen molar-refractivity contribution in [2.45, 2.75) is 51.7 Å². The minimum absolute atomic E-state index is 0.0299. The first-order valence-electron chi connectivity index (χ1n) is 7.06. The predicted molar refractivity (Wildman–Crippen MR) is 72.4 cm³/mol. The molecule has 106 valence electrons. The number of nitrogens with zero attached hydrogens (tertiary/aromatic N) is 2. The maximum absolute atomic E-state index is 12.3. The lowest BCUT2D eigenvalue weighted by Gasteiger charge is -2.35. The predicted octanol–water partition coefficient (Wildman–Crippen LogP) is 1.87. The van der Waals surface area contributed by atoms with Gasteiger partial charge in [-0.05, 0) is 25.2 Å². The molecule has 0 radical (unpaired) electrons. The van der Waals surface area contributed by atoms with Crippen LogP contribution in [0.15, 0.2) is 12.4 Å². The Balaban J connectivity index is 2.05. The minimum Gasteiger partial charge on any atom is -0.392 e. The molecule has 1 aliphatic rings. The van der Waals surface area contributed by atoms with E-state index in [2.05, 4.69) is 9.97 Å². The van der Waals surface area contributed by atoms with E-state index in [-0.39, 0.29) is 24.3 Å². The average molecular weight is 265 g/mol. The molecule has 2 unspecified atom stereocenters. The van der Waals surface area contributed by atoms with Crippen LogP contribution in [0.2, 0.25) is 0 Å². The largest absolute Gasteiger partial charge is 0.392 e. The van der Waals surface area contributed by atoms with Crippen molar-refractivity contribution in [3.63, 3.8) is 0 Å². The fourth-order valence-electron chi connectivity index (χ4n) is 2.51. The smallest absolute Gasteiger partial charge is 0.225 e. The molecule has 2 N–H and O–H groups in total. The number of piperidine rings is 1. The summed E-state index contributed by atoms with van der Waals surface area (Å²) < 4.78 is 0. The highest BCUT2D eigenvalue weighted by molar-refractivity contribution is 5.77. The number of H-pyrrole nitrogens is 1. The van der Waals surface area contributed by atoms with Crippen LogP contribution in [-0.4, -0.2) is 38.5 Å². The van der Waals surface area contributed by atoms with Gasteiger partial charge in [-0.1, -0.05) is 13.8 Å². The molecule has 2 rings (SSSR count). The van der Waals surface area contributed by atoms with Gasteiger partial charge in [-0.2, -0.15) is 0 Å². The average Bonchev–Trinajstić information content (AvgIpc) is 2.92. The first kappa shape index (κ1) is 14.1. The lowest BCUT2D eigenvalue weighted by atomic mass is 9.98. The molecule has 5 heteroatoms. The van der Waals surface area contributed by atoms with Crippen molar-refractivity contribution in [3.05, 3.63) is 18.2 Å². The maximum atomic E-state index is 12.3. The van der Waals surface area contributed by atoms with Crippen LogP contribution in [-0.2, 0) is 4.79 Å². The van der Waals surface area contributed by atoms with Crippen LogP contribution in [0.3, 0.4) is 0 Å². The maximum Gasteiger partial charge on any atom is 0.225 e. The van der Waals surface area contributed by atoms with Gasteiger partial charge in [-0.15, -0.1) is 0 Å². The number of aromatic nitrogens is 2. The molecule has 0 aromatic carbocycles. The standard InChI is InChI=1S/C14H23N3O2/c1-10(2)12(18)9-13(19)17-8-4-3-5-11(17)14-15-6-7-16-14/h6-7,10-12,18H,3-5,8-9H2,1-2H3,(H,15,16). The van der Waals surface area contributed by atoms with Crippen LogP contribution in [0, 0.1) is 5.92 Å². The molecule has 1 fully saturated rings. The topological polar surface area (TPSA) is 69.2 Å². The summed E-state index contributed by atoms with van der Waals surface area (Å²) in [5.74, 6) is 0.991. The number of aliphatic hydroxyl groups is 1. The first-order chi connectivity index (χ1) is 9.09. The summed E-state index contributed by atoms with van der Waals surface area (Å²) in [5.41, 5.74) is 0. The monoisotopic (exact) mass is 265 g/mol. The SMILES string of the molecule is CC(C)C(O)CC(=O)N1CCCCC1c1ncc[nH]1. The van der Waals surface area contributed by atoms with Gasteiger partial charge in [0, 0.05) is 18.9 Å². The highest BCUT2D eigenvalue weighted by Gasteiger charge is 2.30. The van der Waals surface area contributed by atoms with E-state index in [9.17, 15) is 9.90 Å². The summed E-state index contributed by atoms with van der Waals surface area (Å²) >= 11 is 0. The molecule has 1 aliphatic heterocycles. The molecular formula is C14H23N3O2. The molecular weight excluding hydrogens is 242 g/mol. The molecule has 1 amide bonds. The molecule has 5 nitrogen and oxygen atoms in total. The number of carbonyl (C=O) groups excluding carboxylic acids is 1. The van der Waals surface area contributed by atoms with Crippen LogP contribution in [0.5, 0.6) is 0 Å². The second-order valence-corrected chi connectivity index (χ2v) is 5.59. The zero-order valence-corrected chi connectivity index (χ0v) is 11.7. The Morgan fingerprint density at radius 1 is 1.58 bits per heavy atom. The quantitative estimate of drug-likeness (QED) is 0.873. The van der Waals surface area contributed by atoms with E-state index < -0.39 is 6.10 Å². The number of hydrogen-bond donors (Lipinski definition) is 2. The third kappa shape index (κ3) is 3.35. The number of carbonyl (C=O) groups is 1. The molecule has 0 bridgehead atoms. The fraction of sp³-hybridized carbons (Fsp3) is 0.714. The van der Waals surface area contributed by atoms with Gasteiger partial charge in [-0.3, -0.25) is 4.79 Å². The molecule has 0 aliphatic carbocycles. The molecule has 1 saturated heterocycles. The molecule has 19 heavy (non-hydrogen) atoms. The summed E-state index contributed by atoms with van der Waals surface area (Å²) in [5, 5.41) is 9.87. The van der Waals surface area contributed by atoms with Crippen molar-refractivity contribution < 1.29 is 9.90 Å². The zero-order chi connectivity index (χ0) is 13.8. The Bertz CT molecular complexity index is 403. The second kappa shape index (κ2) is 6.19. The van der Waals surface area contributed by atoms with Gasteiger partial charge >= 0.3 is 0 Å². The van der Waals surface area contributed by atoms with Crippen LogP contribution in [0.25, 0.3) is 0 Å². The van der Waals surface area contributed by atoms with Gasteiger partial charge in [0.25, 0.3) is 0 Å². The number of nitrogens with one attached hydrogen (secondary N) is 1. The van der Waals surface area contributed by atoms with E-state index in [1.807, 2.05) is 18.7 Å². The molecule has 2 atom stereocenters. The Labute approximate surface area is 114 Å². The lowest BCUT2D eigenvalue weighted by molar-refractivity contribution is -0.138. The number of aromatic amines is 1. The second-order valence-electron chi connectivity index (χ2n) is 5.59.